The van der Waals surface area contributed by atoms with Crippen LogP contribution in [0.1, 0.15) is 37.2 Å². The van der Waals surface area contributed by atoms with E-state index in [1.807, 2.05) is 65.6 Å². The molecule has 2 heterocycles. The van der Waals surface area contributed by atoms with Crippen LogP contribution in [0.25, 0.3) is 0 Å². The Morgan fingerprint density at radius 3 is 2.17 bits per heavy atom. The minimum absolute atomic E-state index is 0.0576. The number of nitrogens with zero attached hydrogens (tertiary/aromatic N) is 2. The number of carbonyl (C=O) groups excluding carboxylic acids is 2. The summed E-state index contributed by atoms with van der Waals surface area (Å²) in [7, 11) is 0. The zero-order valence-corrected chi connectivity index (χ0v) is 20.0. The Hall–Kier alpha value is -3.58. The van der Waals surface area contributed by atoms with Crippen molar-refractivity contribution in [1.82, 2.24) is 10.2 Å². The maximum atomic E-state index is 14.2. The zero-order chi connectivity index (χ0) is 25.1. The van der Waals surface area contributed by atoms with Crippen LogP contribution in [0, 0.1) is 11.6 Å². The van der Waals surface area contributed by atoms with Gasteiger partial charge in [-0.05, 0) is 54.8 Å². The first kappa shape index (κ1) is 24.1. The molecule has 2 saturated heterocycles. The van der Waals surface area contributed by atoms with Crippen molar-refractivity contribution in [3.8, 4) is 0 Å². The van der Waals surface area contributed by atoms with Crippen LogP contribution in [0.5, 0.6) is 0 Å². The van der Waals surface area contributed by atoms with Crippen molar-refractivity contribution in [3.63, 3.8) is 0 Å². The van der Waals surface area contributed by atoms with Gasteiger partial charge in [0.15, 0.2) is 0 Å². The van der Waals surface area contributed by atoms with Crippen molar-refractivity contribution in [2.24, 2.45) is 0 Å². The number of hydrogen-bond acceptors (Lipinski definition) is 3. The number of hydrogen-bond donors (Lipinski definition) is 1. The Bertz CT molecular complexity index is 1180. The number of likely N-dealkylation sites (tertiary alicyclic amines) is 1. The third-order valence-electron chi connectivity index (χ3n) is 7.20. The van der Waals surface area contributed by atoms with Crippen molar-refractivity contribution in [1.29, 1.82) is 0 Å². The first-order valence-electron chi connectivity index (χ1n) is 12.4. The summed E-state index contributed by atoms with van der Waals surface area (Å²) in [6.45, 7) is 0.951. The molecular weight excluding hydrogens is 460 g/mol. The fourth-order valence-corrected chi connectivity index (χ4v) is 5.69. The highest BCUT2D eigenvalue weighted by molar-refractivity contribution is 6.01. The van der Waals surface area contributed by atoms with Gasteiger partial charge in [-0.3, -0.25) is 19.4 Å². The van der Waals surface area contributed by atoms with Gasteiger partial charge in [0.25, 0.3) is 0 Å². The lowest BCUT2D eigenvalue weighted by Gasteiger charge is -2.35. The number of para-hydroxylation sites is 2. The third-order valence-corrected chi connectivity index (χ3v) is 7.20. The topological polar surface area (TPSA) is 52.7 Å². The predicted octanol–water partition coefficient (Wildman–Crippen LogP) is 5.16. The van der Waals surface area contributed by atoms with Gasteiger partial charge in [-0.2, -0.15) is 0 Å². The molecule has 3 aromatic rings. The Kier molecular flexibility index (Phi) is 6.83. The van der Waals surface area contributed by atoms with Gasteiger partial charge in [0.2, 0.25) is 11.8 Å². The van der Waals surface area contributed by atoms with E-state index in [9.17, 15) is 18.4 Å². The monoisotopic (exact) mass is 489 g/mol. The molecule has 1 spiro atoms. The molecule has 36 heavy (non-hydrogen) atoms. The number of rotatable bonds is 5. The van der Waals surface area contributed by atoms with E-state index in [1.165, 1.54) is 12.1 Å². The smallest absolute Gasteiger partial charge is 0.245 e. The van der Waals surface area contributed by atoms with Crippen LogP contribution < -0.4 is 10.2 Å². The van der Waals surface area contributed by atoms with Crippen LogP contribution in [-0.4, -0.2) is 41.9 Å². The summed E-state index contributed by atoms with van der Waals surface area (Å²) in [5.41, 5.74) is 1.34. The normalized spacial score (nSPS) is 22.3. The summed E-state index contributed by atoms with van der Waals surface area (Å²) in [5, 5.41) is 3.19. The molecule has 186 valence electrons. The van der Waals surface area contributed by atoms with E-state index >= 15 is 0 Å². The summed E-state index contributed by atoms with van der Waals surface area (Å²) in [6.07, 6.45) is 2.72. The lowest BCUT2D eigenvalue weighted by molar-refractivity contribution is -0.122. The van der Waals surface area contributed by atoms with Crippen molar-refractivity contribution in [2.45, 2.75) is 37.1 Å². The van der Waals surface area contributed by atoms with E-state index in [2.05, 4.69) is 5.32 Å². The minimum Gasteiger partial charge on any atom is -0.349 e. The van der Waals surface area contributed by atoms with Gasteiger partial charge >= 0.3 is 0 Å². The molecule has 5 rings (SSSR count). The first-order chi connectivity index (χ1) is 17.4. The van der Waals surface area contributed by atoms with Crippen molar-refractivity contribution in [3.05, 3.63) is 96.1 Å². The van der Waals surface area contributed by atoms with E-state index in [-0.39, 0.29) is 24.3 Å². The second-order valence-electron chi connectivity index (χ2n) is 9.74. The molecule has 2 amide bonds. The van der Waals surface area contributed by atoms with E-state index in [0.29, 0.717) is 31.5 Å². The molecule has 3 aromatic carbocycles. The van der Waals surface area contributed by atoms with Gasteiger partial charge in [-0.15, -0.1) is 0 Å². The van der Waals surface area contributed by atoms with Gasteiger partial charge in [-0.1, -0.05) is 42.8 Å². The molecule has 2 fully saturated rings. The second kappa shape index (κ2) is 10.2. The summed E-state index contributed by atoms with van der Waals surface area (Å²) < 4.78 is 28.4. The Morgan fingerprint density at radius 1 is 0.944 bits per heavy atom. The van der Waals surface area contributed by atoms with Crippen molar-refractivity contribution < 1.29 is 18.4 Å². The number of anilines is 2. The molecule has 2 aliphatic heterocycles. The molecule has 1 N–H and O–H groups in total. The molecule has 2 aliphatic rings. The maximum absolute atomic E-state index is 14.2. The average molecular weight is 490 g/mol. The Morgan fingerprint density at radius 2 is 1.56 bits per heavy atom. The molecule has 5 nitrogen and oxygen atoms in total. The van der Waals surface area contributed by atoms with Crippen molar-refractivity contribution >= 4 is 23.2 Å². The highest BCUT2D eigenvalue weighted by atomic mass is 19.1. The largest absolute Gasteiger partial charge is 0.349 e. The number of carbonyl (C=O) groups is 2. The minimum atomic E-state index is -0.682. The zero-order valence-electron chi connectivity index (χ0n) is 20.0. The van der Waals surface area contributed by atoms with Crippen molar-refractivity contribution in [2.75, 3.05) is 24.5 Å². The van der Waals surface area contributed by atoms with Gasteiger partial charge in [0.1, 0.15) is 11.6 Å². The summed E-state index contributed by atoms with van der Waals surface area (Å²) in [5.74, 6) is -1.80. The van der Waals surface area contributed by atoms with E-state index in [0.717, 1.165) is 30.3 Å². The molecule has 7 heteroatoms. The molecule has 0 aromatic heterocycles. The molecule has 0 aliphatic carbocycles. The number of nitrogens with one attached hydrogen (secondary N) is 1. The van der Waals surface area contributed by atoms with Crippen LogP contribution in [0.3, 0.4) is 0 Å². The molecule has 2 atom stereocenters. The summed E-state index contributed by atoms with van der Waals surface area (Å²) in [4.78, 5) is 30.0. The number of halogens is 2. The van der Waals surface area contributed by atoms with Gasteiger partial charge in [0.05, 0.1) is 12.1 Å². The van der Waals surface area contributed by atoms with Crippen LogP contribution in [0.4, 0.5) is 20.2 Å². The standard InChI is InChI=1S/C29H29F2N3O2/c30-22-15-21(16-23(31)17-22)26-18-33(20-29(26)14-8-7-13-27(35)32-29)19-28(36)34(24-9-3-1-4-10-24)25-11-5-2-6-12-25/h1-6,9-12,15-17,26H,7-8,13-14,18-20H2,(H,32,35)/t26-,29+/m0/s1. The number of benzene rings is 3. The molecule has 0 radical (unpaired) electrons. The molecule has 0 unspecified atom stereocenters. The first-order valence-corrected chi connectivity index (χ1v) is 12.4. The highest BCUT2D eigenvalue weighted by Gasteiger charge is 2.49. The SMILES string of the molecule is O=C1CCCC[C@]2(CN(CC(=O)N(c3ccccc3)c3ccccc3)C[C@H]2c2cc(F)cc(F)c2)N1. The van der Waals surface area contributed by atoms with Crippen LogP contribution in [0.2, 0.25) is 0 Å². The van der Waals surface area contributed by atoms with E-state index in [4.69, 9.17) is 0 Å². The highest BCUT2D eigenvalue weighted by Crippen LogP contribution is 2.41. The summed E-state index contributed by atoms with van der Waals surface area (Å²) in [6, 6.07) is 22.5. The lowest BCUT2D eigenvalue weighted by atomic mass is 9.79. The van der Waals surface area contributed by atoms with Crippen LogP contribution in [0.15, 0.2) is 78.9 Å². The quantitative estimate of drug-likeness (QED) is 0.539. The second-order valence-corrected chi connectivity index (χ2v) is 9.74. The predicted molar refractivity (Wildman–Crippen MR) is 135 cm³/mol. The fraction of sp³-hybridized carbons (Fsp3) is 0.310. The van der Waals surface area contributed by atoms with Gasteiger partial charge in [0, 0.05) is 42.9 Å². The van der Waals surface area contributed by atoms with Gasteiger partial charge < -0.3 is 5.32 Å². The molecule has 0 saturated carbocycles. The van der Waals surface area contributed by atoms with E-state index in [1.54, 1.807) is 4.90 Å². The third kappa shape index (κ3) is 5.02. The maximum Gasteiger partial charge on any atom is 0.245 e. The lowest BCUT2D eigenvalue weighted by Crippen LogP contribution is -2.53. The molecule has 0 bridgehead atoms. The summed E-state index contributed by atoms with van der Waals surface area (Å²) >= 11 is 0. The Labute approximate surface area is 209 Å². The van der Waals surface area contributed by atoms with E-state index < -0.39 is 17.2 Å². The van der Waals surface area contributed by atoms with Crippen LogP contribution in [-0.2, 0) is 9.59 Å². The Balaban J connectivity index is 1.46. The van der Waals surface area contributed by atoms with Crippen LogP contribution >= 0.6 is 0 Å². The molecular formula is C29H29F2N3O2. The van der Waals surface area contributed by atoms with Gasteiger partial charge in [-0.25, -0.2) is 8.78 Å². The fourth-order valence-electron chi connectivity index (χ4n) is 5.69. The average Bonchev–Trinajstić information content (AvgIpc) is 3.08. The number of amides is 2.